The molecule has 1 N–H and O–H groups in total. The monoisotopic (exact) mass is 437 g/mol. The number of aliphatic imine (C=N–C) groups is 1. The molecule has 6 heteroatoms. The van der Waals surface area contributed by atoms with Gasteiger partial charge in [-0.05, 0) is 49.9 Å². The van der Waals surface area contributed by atoms with Crippen LogP contribution in [0.3, 0.4) is 0 Å². The minimum absolute atomic E-state index is 0. The minimum Gasteiger partial charge on any atom is -0.357 e. The molecule has 0 unspecified atom stereocenters. The van der Waals surface area contributed by atoms with Crippen molar-refractivity contribution in [3.63, 3.8) is 0 Å². The average molecular weight is 437 g/mol. The van der Waals surface area contributed by atoms with Crippen molar-refractivity contribution in [2.45, 2.75) is 26.2 Å². The molecule has 1 rings (SSSR count). The summed E-state index contributed by atoms with van der Waals surface area (Å²) in [6.45, 7) is 7.75. The van der Waals surface area contributed by atoms with Crippen molar-refractivity contribution in [3.8, 4) is 0 Å². The Morgan fingerprint density at radius 3 is 2.78 bits per heavy atom. The van der Waals surface area contributed by atoms with Gasteiger partial charge in [-0.15, -0.1) is 30.6 Å². The van der Waals surface area contributed by atoms with Crippen LogP contribution >= 0.6 is 24.0 Å². The Morgan fingerprint density at radius 2 is 2.13 bits per heavy atom. The molecule has 0 atom stereocenters. The van der Waals surface area contributed by atoms with Crippen molar-refractivity contribution in [2.75, 3.05) is 26.7 Å². The summed E-state index contributed by atoms with van der Waals surface area (Å²) in [5, 5.41) is 3.20. The normalized spacial score (nSPS) is 10.9. The van der Waals surface area contributed by atoms with Crippen LogP contribution in [-0.4, -0.2) is 37.5 Å². The number of hydrogen-bond acceptors (Lipinski definition) is 1. The maximum absolute atomic E-state index is 13.6. The lowest BCUT2D eigenvalue weighted by molar-refractivity contribution is 0.470. The third-order valence-corrected chi connectivity index (χ3v) is 3.25. The lowest BCUT2D eigenvalue weighted by Gasteiger charge is -2.21. The Hall–Kier alpha value is -1.18. The topological polar surface area (TPSA) is 27.6 Å². The highest BCUT2D eigenvalue weighted by Crippen LogP contribution is 2.10. The second-order valence-corrected chi connectivity index (χ2v) is 5.07. The summed E-state index contributed by atoms with van der Waals surface area (Å²) in [6, 6.07) is 3.51. The van der Waals surface area contributed by atoms with Crippen molar-refractivity contribution >= 4 is 29.9 Å². The molecule has 0 fully saturated rings. The molecule has 3 nitrogen and oxygen atoms in total. The van der Waals surface area contributed by atoms with E-state index in [9.17, 15) is 8.78 Å². The fourth-order valence-electron chi connectivity index (χ4n) is 2.07. The molecule has 0 aliphatic heterocycles. The summed E-state index contributed by atoms with van der Waals surface area (Å²) in [4.78, 5) is 6.51. The Morgan fingerprint density at radius 1 is 1.39 bits per heavy atom. The largest absolute Gasteiger partial charge is 0.357 e. The summed E-state index contributed by atoms with van der Waals surface area (Å²) in [5.41, 5.74) is 0.355. The maximum Gasteiger partial charge on any atom is 0.193 e. The fourth-order valence-corrected chi connectivity index (χ4v) is 2.07. The first-order valence-corrected chi connectivity index (χ1v) is 7.62. The fraction of sp³-hybridized carbons (Fsp3) is 0.471. The summed E-state index contributed by atoms with van der Waals surface area (Å²) in [5.74, 6) is -0.0295. The van der Waals surface area contributed by atoms with Crippen LogP contribution in [0.25, 0.3) is 0 Å². The van der Waals surface area contributed by atoms with E-state index in [1.807, 2.05) is 24.9 Å². The lowest BCUT2D eigenvalue weighted by atomic mass is 10.1. The van der Waals surface area contributed by atoms with Crippen LogP contribution in [0.15, 0.2) is 35.8 Å². The first-order chi connectivity index (χ1) is 10.6. The second kappa shape index (κ2) is 12.3. The van der Waals surface area contributed by atoms with Gasteiger partial charge < -0.3 is 10.2 Å². The highest BCUT2D eigenvalue weighted by Gasteiger charge is 2.06. The van der Waals surface area contributed by atoms with Crippen molar-refractivity contribution in [3.05, 3.63) is 48.1 Å². The van der Waals surface area contributed by atoms with Crippen LogP contribution in [0.4, 0.5) is 8.78 Å². The zero-order valence-corrected chi connectivity index (χ0v) is 16.1. The number of benzene rings is 1. The van der Waals surface area contributed by atoms with Crippen molar-refractivity contribution in [1.82, 2.24) is 10.2 Å². The van der Waals surface area contributed by atoms with Crippen LogP contribution in [0.1, 0.15) is 25.3 Å². The zero-order chi connectivity index (χ0) is 16.4. The number of guanidine groups is 1. The maximum atomic E-state index is 13.6. The van der Waals surface area contributed by atoms with E-state index in [0.29, 0.717) is 18.5 Å². The zero-order valence-electron chi connectivity index (χ0n) is 13.8. The van der Waals surface area contributed by atoms with Gasteiger partial charge in [-0.1, -0.05) is 6.08 Å². The third kappa shape index (κ3) is 8.29. The SMILES string of the molecule is C=CCCCN(C)C(=NCCc1cc(F)ccc1F)NCC.I. The molecule has 0 bridgehead atoms. The van der Waals surface area contributed by atoms with Crippen molar-refractivity contribution in [1.29, 1.82) is 0 Å². The molecular weight excluding hydrogens is 411 g/mol. The summed E-state index contributed by atoms with van der Waals surface area (Å²) >= 11 is 0. The van der Waals surface area contributed by atoms with Gasteiger partial charge in [-0.2, -0.15) is 0 Å². The van der Waals surface area contributed by atoms with E-state index >= 15 is 0 Å². The van der Waals surface area contributed by atoms with Crippen LogP contribution < -0.4 is 5.32 Å². The summed E-state index contributed by atoms with van der Waals surface area (Å²) in [6.07, 6.45) is 4.23. The number of hydrogen-bond donors (Lipinski definition) is 1. The minimum atomic E-state index is -0.422. The molecule has 0 aliphatic rings. The molecule has 0 radical (unpaired) electrons. The van der Waals surface area contributed by atoms with Gasteiger partial charge >= 0.3 is 0 Å². The molecule has 0 aliphatic carbocycles. The highest BCUT2D eigenvalue weighted by atomic mass is 127. The number of rotatable bonds is 8. The molecule has 130 valence electrons. The smallest absolute Gasteiger partial charge is 0.193 e. The van der Waals surface area contributed by atoms with E-state index in [1.165, 1.54) is 6.07 Å². The van der Waals surface area contributed by atoms with E-state index in [2.05, 4.69) is 16.9 Å². The van der Waals surface area contributed by atoms with Crippen LogP contribution in [0, 0.1) is 11.6 Å². The second-order valence-electron chi connectivity index (χ2n) is 5.07. The molecular formula is C17H26F2IN3. The highest BCUT2D eigenvalue weighted by molar-refractivity contribution is 14.0. The van der Waals surface area contributed by atoms with Crippen LogP contribution in [-0.2, 0) is 6.42 Å². The molecule has 0 saturated heterocycles. The number of unbranched alkanes of at least 4 members (excludes halogenated alkanes) is 1. The Bertz CT molecular complexity index is 507. The summed E-state index contributed by atoms with van der Waals surface area (Å²) < 4.78 is 26.7. The first-order valence-electron chi connectivity index (χ1n) is 7.62. The Balaban J connectivity index is 0.00000484. The number of nitrogens with one attached hydrogen (secondary N) is 1. The van der Waals surface area contributed by atoms with Gasteiger partial charge in [-0.25, -0.2) is 8.78 Å². The molecule has 0 saturated carbocycles. The van der Waals surface area contributed by atoms with E-state index in [4.69, 9.17) is 0 Å². The molecule has 1 aromatic carbocycles. The number of halogens is 3. The van der Waals surface area contributed by atoms with Gasteiger partial charge in [0.2, 0.25) is 0 Å². The third-order valence-electron chi connectivity index (χ3n) is 3.25. The summed E-state index contributed by atoms with van der Waals surface area (Å²) in [7, 11) is 1.97. The molecule has 23 heavy (non-hydrogen) atoms. The Labute approximate surface area is 154 Å². The van der Waals surface area contributed by atoms with E-state index in [0.717, 1.165) is 44.0 Å². The average Bonchev–Trinajstić information content (AvgIpc) is 2.50. The standard InChI is InChI=1S/C17H25F2N3.HI/c1-4-6-7-12-22(3)17(20-5-2)21-11-10-14-13-15(18)8-9-16(14)19;/h4,8-9,13H,1,5-7,10-12H2,2-3H3,(H,20,21);1H. The number of nitrogens with zero attached hydrogens (tertiary/aromatic N) is 2. The molecule has 0 heterocycles. The van der Waals surface area contributed by atoms with Crippen LogP contribution in [0.2, 0.25) is 0 Å². The van der Waals surface area contributed by atoms with Crippen molar-refractivity contribution < 1.29 is 8.78 Å². The van der Waals surface area contributed by atoms with Gasteiger partial charge in [0.05, 0.1) is 0 Å². The quantitative estimate of drug-likeness (QED) is 0.219. The van der Waals surface area contributed by atoms with E-state index in [1.54, 1.807) is 0 Å². The molecule has 0 aromatic heterocycles. The van der Waals surface area contributed by atoms with Gasteiger partial charge in [0.25, 0.3) is 0 Å². The van der Waals surface area contributed by atoms with Gasteiger partial charge in [0.1, 0.15) is 11.6 Å². The van der Waals surface area contributed by atoms with E-state index < -0.39 is 5.82 Å². The molecule has 0 amide bonds. The van der Waals surface area contributed by atoms with Gasteiger partial charge in [0, 0.05) is 26.7 Å². The predicted molar refractivity (Wildman–Crippen MR) is 104 cm³/mol. The van der Waals surface area contributed by atoms with Crippen molar-refractivity contribution in [2.24, 2.45) is 4.99 Å². The first kappa shape index (κ1) is 21.8. The van der Waals surface area contributed by atoms with Crippen LogP contribution in [0.5, 0.6) is 0 Å². The van der Waals surface area contributed by atoms with Gasteiger partial charge in [0.15, 0.2) is 5.96 Å². The lowest BCUT2D eigenvalue weighted by Crippen LogP contribution is -2.39. The molecule has 0 spiro atoms. The number of allylic oxidation sites excluding steroid dienone is 1. The Kier molecular flexibility index (Phi) is 11.6. The molecule has 1 aromatic rings. The predicted octanol–water partition coefficient (Wildman–Crippen LogP) is 3.99. The van der Waals surface area contributed by atoms with Gasteiger partial charge in [-0.3, -0.25) is 4.99 Å². The van der Waals surface area contributed by atoms with E-state index in [-0.39, 0.29) is 29.8 Å².